The van der Waals surface area contributed by atoms with E-state index in [0.717, 1.165) is 23.4 Å². The number of aromatic nitrogens is 2. The van der Waals surface area contributed by atoms with Gasteiger partial charge in [0.25, 0.3) is 5.95 Å². The summed E-state index contributed by atoms with van der Waals surface area (Å²) in [6.45, 7) is 10.3. The molecule has 0 unspecified atom stereocenters. The second-order valence-electron chi connectivity index (χ2n) is 6.21. The number of nitrogens with zero attached hydrogens (tertiary/aromatic N) is 4. The largest absolute Gasteiger partial charge is 0.269 e. The zero-order valence-corrected chi connectivity index (χ0v) is 14.5. The van der Waals surface area contributed by atoms with Crippen LogP contribution in [0.1, 0.15) is 49.2 Å². The van der Waals surface area contributed by atoms with Crippen LogP contribution in [0, 0.1) is 13.8 Å². The van der Waals surface area contributed by atoms with Crippen molar-refractivity contribution in [1.82, 2.24) is 9.97 Å². The highest BCUT2D eigenvalue weighted by atomic mass is 15.2. The van der Waals surface area contributed by atoms with Gasteiger partial charge in [0.1, 0.15) is 0 Å². The van der Waals surface area contributed by atoms with Gasteiger partial charge in [0.2, 0.25) is 0 Å². The number of allylic oxidation sites excluding steroid dienone is 1. The first kappa shape index (κ1) is 17.0. The third-order valence-corrected chi connectivity index (χ3v) is 3.53. The third-order valence-electron chi connectivity index (χ3n) is 3.53. The molecule has 4 heteroatoms. The lowest BCUT2D eigenvalue weighted by Crippen LogP contribution is -1.90. The first-order valence-corrected chi connectivity index (χ1v) is 7.91. The Morgan fingerprint density at radius 2 is 1.70 bits per heavy atom. The molecule has 120 valence electrons. The zero-order chi connectivity index (χ0) is 16.8. The third kappa shape index (κ3) is 5.40. The number of hydrogen-bond donors (Lipinski definition) is 0. The topological polar surface area (TPSA) is 50.5 Å². The molecule has 0 aliphatic carbocycles. The molecule has 1 aromatic carbocycles. The zero-order valence-electron chi connectivity index (χ0n) is 14.5. The Labute approximate surface area is 138 Å². The van der Waals surface area contributed by atoms with E-state index in [2.05, 4.69) is 65.2 Å². The highest BCUT2D eigenvalue weighted by molar-refractivity contribution is 5.27. The lowest BCUT2D eigenvalue weighted by atomic mass is 9.99. The minimum absolute atomic E-state index is 0.410. The van der Waals surface area contributed by atoms with Crippen LogP contribution in [-0.2, 0) is 6.42 Å². The van der Waals surface area contributed by atoms with Gasteiger partial charge in [0.15, 0.2) is 0 Å². The lowest BCUT2D eigenvalue weighted by molar-refractivity contribution is 0.865. The van der Waals surface area contributed by atoms with Crippen LogP contribution in [0.15, 0.2) is 52.3 Å². The van der Waals surface area contributed by atoms with Crippen LogP contribution in [0.4, 0.5) is 5.95 Å². The molecule has 2 aromatic rings. The normalized spacial score (nSPS) is 12.3. The summed E-state index contributed by atoms with van der Waals surface area (Å²) in [7, 11) is 0. The maximum atomic E-state index is 4.24. The van der Waals surface area contributed by atoms with Crippen molar-refractivity contribution in [3.05, 3.63) is 64.6 Å². The molecule has 0 N–H and O–H groups in total. The van der Waals surface area contributed by atoms with Crippen LogP contribution < -0.4 is 0 Å². The Hall–Kier alpha value is -2.36. The molecular formula is C19H24N4. The molecule has 0 radical (unpaired) electrons. The van der Waals surface area contributed by atoms with Gasteiger partial charge >= 0.3 is 0 Å². The maximum Gasteiger partial charge on any atom is 0.269 e. The Morgan fingerprint density at radius 1 is 1.09 bits per heavy atom. The summed E-state index contributed by atoms with van der Waals surface area (Å²) in [5, 5.41) is 8.18. The summed E-state index contributed by atoms with van der Waals surface area (Å²) in [6, 6.07) is 10.7. The van der Waals surface area contributed by atoms with Gasteiger partial charge < -0.3 is 0 Å². The van der Waals surface area contributed by atoms with Gasteiger partial charge in [-0.05, 0) is 55.9 Å². The molecule has 4 nitrogen and oxygen atoms in total. The summed E-state index contributed by atoms with van der Waals surface area (Å²) in [5.74, 6) is 0.972. The van der Waals surface area contributed by atoms with E-state index in [1.165, 1.54) is 11.1 Å². The molecule has 0 atom stereocenters. The van der Waals surface area contributed by atoms with Crippen molar-refractivity contribution in [3.63, 3.8) is 0 Å². The first-order valence-electron chi connectivity index (χ1n) is 7.91. The fourth-order valence-electron chi connectivity index (χ4n) is 2.32. The highest BCUT2D eigenvalue weighted by Crippen LogP contribution is 2.16. The van der Waals surface area contributed by atoms with Crippen molar-refractivity contribution in [2.75, 3.05) is 0 Å². The van der Waals surface area contributed by atoms with E-state index in [1.54, 1.807) is 6.20 Å². The monoisotopic (exact) mass is 308 g/mol. The Balaban J connectivity index is 2.00. The first-order chi connectivity index (χ1) is 10.9. The molecule has 0 spiro atoms. The van der Waals surface area contributed by atoms with E-state index in [4.69, 9.17) is 0 Å². The fourth-order valence-corrected chi connectivity index (χ4v) is 2.32. The van der Waals surface area contributed by atoms with Gasteiger partial charge in [0.05, 0.1) is 0 Å². The molecular weight excluding hydrogens is 284 g/mol. The lowest BCUT2D eigenvalue weighted by Gasteiger charge is -2.06. The number of hydrogen-bond acceptors (Lipinski definition) is 4. The van der Waals surface area contributed by atoms with Gasteiger partial charge in [-0.3, -0.25) is 0 Å². The van der Waals surface area contributed by atoms with Crippen LogP contribution in [0.25, 0.3) is 0 Å². The van der Waals surface area contributed by atoms with Crippen molar-refractivity contribution in [1.29, 1.82) is 0 Å². The van der Waals surface area contributed by atoms with Gasteiger partial charge in [-0.25, -0.2) is 9.97 Å². The smallest absolute Gasteiger partial charge is 0.215 e. The summed E-state index contributed by atoms with van der Waals surface area (Å²) in [6.07, 6.45) is 2.64. The molecule has 1 aromatic heterocycles. The van der Waals surface area contributed by atoms with Crippen molar-refractivity contribution >= 4 is 5.95 Å². The number of rotatable bonds is 5. The highest BCUT2D eigenvalue weighted by Gasteiger charge is 2.00. The van der Waals surface area contributed by atoms with E-state index >= 15 is 0 Å². The number of azo groups is 1. The molecule has 0 fully saturated rings. The molecule has 0 aliphatic rings. The van der Waals surface area contributed by atoms with Gasteiger partial charge in [-0.15, -0.1) is 5.11 Å². The van der Waals surface area contributed by atoms with Crippen molar-refractivity contribution in [3.8, 4) is 0 Å². The second kappa shape index (κ2) is 7.77. The van der Waals surface area contributed by atoms with E-state index < -0.39 is 0 Å². The average Bonchev–Trinajstić information content (AvgIpc) is 2.46. The predicted molar refractivity (Wildman–Crippen MR) is 94.0 cm³/mol. The van der Waals surface area contributed by atoms with E-state index in [9.17, 15) is 0 Å². The predicted octanol–water partition coefficient (Wildman–Crippen LogP) is 5.45. The van der Waals surface area contributed by atoms with Crippen LogP contribution in [0.3, 0.4) is 0 Å². The quantitative estimate of drug-likeness (QED) is 0.690. The summed E-state index contributed by atoms with van der Waals surface area (Å²) >= 11 is 0. The standard InChI is InChI=1S/C19H24N4/c1-13(2)18-8-6-17(7-9-18)10-14(3)12-20-23-19-21-15(4)11-16(5)22-19/h6-9,11-13H,10H2,1-5H3/b14-12+,23-20?. The molecule has 0 amide bonds. The molecule has 0 saturated carbocycles. The van der Waals surface area contributed by atoms with Crippen molar-refractivity contribution in [2.45, 2.75) is 47.0 Å². The fraction of sp³-hybridized carbons (Fsp3) is 0.368. The summed E-state index contributed by atoms with van der Waals surface area (Å²) in [5.41, 5.74) is 5.59. The molecule has 2 rings (SSSR count). The molecule has 1 heterocycles. The van der Waals surface area contributed by atoms with Gasteiger partial charge in [0, 0.05) is 17.6 Å². The summed E-state index contributed by atoms with van der Waals surface area (Å²) < 4.78 is 0. The Bertz CT molecular complexity index is 692. The van der Waals surface area contributed by atoms with Gasteiger partial charge in [-0.1, -0.05) is 38.1 Å². The molecule has 0 saturated heterocycles. The minimum Gasteiger partial charge on any atom is -0.215 e. The molecule has 23 heavy (non-hydrogen) atoms. The van der Waals surface area contributed by atoms with Crippen molar-refractivity contribution in [2.24, 2.45) is 10.2 Å². The van der Waals surface area contributed by atoms with E-state index in [1.807, 2.05) is 19.9 Å². The molecule has 0 bridgehead atoms. The Morgan fingerprint density at radius 3 is 2.26 bits per heavy atom. The van der Waals surface area contributed by atoms with Gasteiger partial charge in [-0.2, -0.15) is 5.11 Å². The number of aryl methyl sites for hydroxylation is 2. The number of benzene rings is 1. The second-order valence-corrected chi connectivity index (χ2v) is 6.21. The maximum absolute atomic E-state index is 4.24. The average molecular weight is 308 g/mol. The van der Waals surface area contributed by atoms with Crippen LogP contribution in [0.2, 0.25) is 0 Å². The van der Waals surface area contributed by atoms with Crippen LogP contribution in [-0.4, -0.2) is 9.97 Å². The van der Waals surface area contributed by atoms with Crippen molar-refractivity contribution < 1.29 is 0 Å². The minimum atomic E-state index is 0.410. The van der Waals surface area contributed by atoms with E-state index in [-0.39, 0.29) is 0 Å². The summed E-state index contributed by atoms with van der Waals surface area (Å²) in [4.78, 5) is 8.48. The SMILES string of the molecule is C/C(=C\N=Nc1nc(C)cc(C)n1)Cc1ccc(C(C)C)cc1. The van der Waals surface area contributed by atoms with Crippen LogP contribution >= 0.6 is 0 Å². The van der Waals surface area contributed by atoms with E-state index in [0.29, 0.717) is 11.9 Å². The van der Waals surface area contributed by atoms with Crippen LogP contribution in [0.5, 0.6) is 0 Å². The molecule has 0 aliphatic heterocycles. The Kier molecular flexibility index (Phi) is 5.74.